The molecule has 1 aliphatic rings. The van der Waals surface area contributed by atoms with Gasteiger partial charge >= 0.3 is 0 Å². The van der Waals surface area contributed by atoms with E-state index in [0.29, 0.717) is 16.2 Å². The highest BCUT2D eigenvalue weighted by molar-refractivity contribution is 7.80. The third kappa shape index (κ3) is 2.76. The third-order valence-corrected chi connectivity index (χ3v) is 4.13. The topological polar surface area (TPSA) is 97.2 Å². The lowest BCUT2D eigenvalue weighted by Gasteiger charge is -2.09. The molecule has 0 spiro atoms. The van der Waals surface area contributed by atoms with E-state index in [1.165, 1.54) is 30.6 Å². The first-order valence-corrected chi connectivity index (χ1v) is 7.23. The van der Waals surface area contributed by atoms with E-state index in [1.54, 1.807) is 6.07 Å². The summed E-state index contributed by atoms with van der Waals surface area (Å²) in [5.41, 5.74) is 1.76. The molecule has 1 aliphatic heterocycles. The number of nitrogens with one attached hydrogen (secondary N) is 2. The maximum atomic E-state index is 12.2. The number of nitro groups is 1. The third-order valence-electron chi connectivity index (χ3n) is 3.67. The zero-order valence-corrected chi connectivity index (χ0v) is 12.9. The average molecular weight is 328 g/mol. The van der Waals surface area contributed by atoms with E-state index in [0.717, 1.165) is 5.56 Å². The fourth-order valence-corrected chi connectivity index (χ4v) is 2.64. The number of hydrogen-bond acceptors (Lipinski definition) is 5. The molecule has 1 unspecified atom stereocenters. The van der Waals surface area contributed by atoms with Gasteiger partial charge in [0.05, 0.1) is 9.91 Å². The lowest BCUT2D eigenvalue weighted by atomic mass is 10.0. The first-order chi connectivity index (χ1) is 11.0. The number of hydrogen-bond donors (Lipinski definition) is 2. The van der Waals surface area contributed by atoms with Crippen LogP contribution in [0.15, 0.2) is 36.7 Å². The predicted molar refractivity (Wildman–Crippen MR) is 89.9 cm³/mol. The van der Waals surface area contributed by atoms with Gasteiger partial charge in [-0.25, -0.2) is 0 Å². The SMILES string of the molecule is CC1C(=S)Nc2cc(NC(=O)c3ccncc3)c([N+](=O)[O-])cc21. The Hall–Kier alpha value is -2.87. The van der Waals surface area contributed by atoms with Crippen LogP contribution in [0, 0.1) is 10.1 Å². The standard InChI is InChI=1S/C15H12N4O3S/c1-8-10-6-13(19(21)22)12(7-11(10)18-15(8)23)17-14(20)9-2-4-16-5-3-9/h2-8H,1H3,(H,17,20)(H,18,23). The van der Waals surface area contributed by atoms with Crippen LogP contribution in [0.4, 0.5) is 17.1 Å². The van der Waals surface area contributed by atoms with Gasteiger partial charge < -0.3 is 10.6 Å². The lowest BCUT2D eigenvalue weighted by molar-refractivity contribution is -0.384. The summed E-state index contributed by atoms with van der Waals surface area (Å²) in [4.78, 5) is 27.4. The van der Waals surface area contributed by atoms with E-state index >= 15 is 0 Å². The Balaban J connectivity index is 1.99. The summed E-state index contributed by atoms with van der Waals surface area (Å²) in [6.07, 6.45) is 2.96. The van der Waals surface area contributed by atoms with E-state index < -0.39 is 10.8 Å². The maximum Gasteiger partial charge on any atom is 0.293 e. The highest BCUT2D eigenvalue weighted by Crippen LogP contribution is 2.40. The Morgan fingerprint density at radius 1 is 1.39 bits per heavy atom. The smallest absolute Gasteiger partial charge is 0.293 e. The van der Waals surface area contributed by atoms with Crippen LogP contribution in [0.1, 0.15) is 28.8 Å². The van der Waals surface area contributed by atoms with Crippen molar-refractivity contribution in [1.29, 1.82) is 0 Å². The van der Waals surface area contributed by atoms with Gasteiger partial charge in [0, 0.05) is 35.6 Å². The molecule has 0 saturated heterocycles. The van der Waals surface area contributed by atoms with Crippen LogP contribution in [-0.2, 0) is 0 Å². The minimum atomic E-state index is -0.517. The van der Waals surface area contributed by atoms with Crippen LogP contribution in [0.3, 0.4) is 0 Å². The summed E-state index contributed by atoms with van der Waals surface area (Å²) < 4.78 is 0. The highest BCUT2D eigenvalue weighted by Gasteiger charge is 2.29. The van der Waals surface area contributed by atoms with Gasteiger partial charge in [-0.2, -0.15) is 0 Å². The molecule has 0 aliphatic carbocycles. The van der Waals surface area contributed by atoms with Crippen molar-refractivity contribution in [3.05, 3.63) is 57.9 Å². The van der Waals surface area contributed by atoms with Crippen molar-refractivity contribution in [1.82, 2.24) is 4.98 Å². The van der Waals surface area contributed by atoms with Gasteiger partial charge in [-0.05, 0) is 23.8 Å². The molecule has 23 heavy (non-hydrogen) atoms. The van der Waals surface area contributed by atoms with Gasteiger partial charge in [0.1, 0.15) is 5.69 Å². The van der Waals surface area contributed by atoms with E-state index in [1.807, 2.05) is 6.92 Å². The Kier molecular flexibility index (Phi) is 3.75. The molecule has 2 heterocycles. The van der Waals surface area contributed by atoms with Gasteiger partial charge in [-0.3, -0.25) is 19.9 Å². The summed E-state index contributed by atoms with van der Waals surface area (Å²) in [6, 6.07) is 6.06. The molecule has 0 radical (unpaired) electrons. The molecule has 0 fully saturated rings. The van der Waals surface area contributed by atoms with Crippen LogP contribution in [0.2, 0.25) is 0 Å². The molecule has 0 saturated carbocycles. The second-order valence-corrected chi connectivity index (χ2v) is 5.55. The zero-order chi connectivity index (χ0) is 16.6. The van der Waals surface area contributed by atoms with Gasteiger partial charge in [0.15, 0.2) is 0 Å². The quantitative estimate of drug-likeness (QED) is 0.510. The van der Waals surface area contributed by atoms with Gasteiger partial charge in [-0.15, -0.1) is 0 Å². The van der Waals surface area contributed by atoms with Crippen LogP contribution < -0.4 is 10.6 Å². The number of anilines is 2. The number of fused-ring (bicyclic) bond motifs is 1. The number of rotatable bonds is 3. The van der Waals surface area contributed by atoms with Gasteiger partial charge in [-0.1, -0.05) is 19.1 Å². The van der Waals surface area contributed by atoms with Crippen molar-refractivity contribution in [2.75, 3.05) is 10.6 Å². The number of aromatic nitrogens is 1. The maximum absolute atomic E-state index is 12.2. The predicted octanol–water partition coefficient (Wildman–Crippen LogP) is 3.10. The number of carbonyl (C=O) groups excluding carboxylic acids is 1. The number of benzene rings is 1. The van der Waals surface area contributed by atoms with Crippen LogP contribution in [0.5, 0.6) is 0 Å². The van der Waals surface area contributed by atoms with Gasteiger partial charge in [0.25, 0.3) is 11.6 Å². The normalized spacial score (nSPS) is 15.7. The molecule has 1 aromatic heterocycles. The number of nitrogens with zero attached hydrogens (tertiary/aromatic N) is 2. The van der Waals surface area contributed by atoms with E-state index in [4.69, 9.17) is 12.2 Å². The highest BCUT2D eigenvalue weighted by atomic mass is 32.1. The summed E-state index contributed by atoms with van der Waals surface area (Å²) >= 11 is 5.19. The molecular formula is C15H12N4O3S. The molecule has 0 bridgehead atoms. The van der Waals surface area contributed by atoms with Gasteiger partial charge in [0.2, 0.25) is 0 Å². The fraction of sp³-hybridized carbons (Fsp3) is 0.133. The number of nitro benzene ring substituents is 1. The molecule has 1 amide bonds. The first-order valence-electron chi connectivity index (χ1n) is 6.82. The number of amides is 1. The van der Waals surface area contributed by atoms with Crippen LogP contribution in [-0.4, -0.2) is 20.8 Å². The number of thiocarbonyl (C=S) groups is 1. The molecule has 8 heteroatoms. The summed E-state index contributed by atoms with van der Waals surface area (Å²) in [5, 5.41) is 16.9. The summed E-state index contributed by atoms with van der Waals surface area (Å²) in [6.45, 7) is 1.88. The first kappa shape index (κ1) is 15.0. The second-order valence-electron chi connectivity index (χ2n) is 5.11. The summed E-state index contributed by atoms with van der Waals surface area (Å²) in [7, 11) is 0. The monoisotopic (exact) mass is 328 g/mol. The molecule has 3 rings (SSSR count). The van der Waals surface area contributed by atoms with Crippen molar-refractivity contribution < 1.29 is 9.72 Å². The van der Waals surface area contributed by atoms with E-state index in [-0.39, 0.29) is 17.3 Å². The van der Waals surface area contributed by atoms with E-state index in [9.17, 15) is 14.9 Å². The second kappa shape index (κ2) is 5.73. The lowest BCUT2D eigenvalue weighted by Crippen LogP contribution is -2.13. The Bertz CT molecular complexity index is 823. The van der Waals surface area contributed by atoms with Crippen molar-refractivity contribution >= 4 is 40.2 Å². The minimum absolute atomic E-state index is 0.0938. The largest absolute Gasteiger partial charge is 0.349 e. The molecular weight excluding hydrogens is 316 g/mol. The molecule has 2 N–H and O–H groups in total. The number of carbonyl (C=O) groups is 1. The molecule has 2 aromatic rings. The number of pyridine rings is 1. The molecule has 116 valence electrons. The molecule has 7 nitrogen and oxygen atoms in total. The van der Waals surface area contributed by atoms with Crippen molar-refractivity contribution in [3.8, 4) is 0 Å². The molecule has 1 aromatic carbocycles. The summed E-state index contributed by atoms with van der Waals surface area (Å²) in [5.74, 6) is -0.535. The zero-order valence-electron chi connectivity index (χ0n) is 12.1. The van der Waals surface area contributed by atoms with E-state index in [2.05, 4.69) is 15.6 Å². The molecule has 1 atom stereocenters. The van der Waals surface area contributed by atoms with Crippen LogP contribution in [0.25, 0.3) is 0 Å². The van der Waals surface area contributed by atoms with Crippen molar-refractivity contribution in [2.45, 2.75) is 12.8 Å². The Labute approximate surface area is 136 Å². The Morgan fingerprint density at radius 2 is 2.09 bits per heavy atom. The van der Waals surface area contributed by atoms with Crippen molar-refractivity contribution in [3.63, 3.8) is 0 Å². The van der Waals surface area contributed by atoms with Crippen LogP contribution >= 0.6 is 12.2 Å². The fourth-order valence-electron chi connectivity index (χ4n) is 2.40. The van der Waals surface area contributed by atoms with Crippen molar-refractivity contribution in [2.24, 2.45) is 0 Å². The minimum Gasteiger partial charge on any atom is -0.349 e. The average Bonchev–Trinajstić information content (AvgIpc) is 2.81. The Morgan fingerprint density at radius 3 is 2.74 bits per heavy atom.